The number of aromatic nitrogens is 1. The summed E-state index contributed by atoms with van der Waals surface area (Å²) in [5.41, 5.74) is 1.12. The molecule has 0 aromatic carbocycles. The van der Waals surface area contributed by atoms with Gasteiger partial charge in [-0.25, -0.2) is 4.98 Å². The molecule has 2 fully saturated rings. The van der Waals surface area contributed by atoms with Crippen molar-refractivity contribution in [3.63, 3.8) is 0 Å². The second kappa shape index (κ2) is 8.79. The largest absolute Gasteiger partial charge is 0.352 e. The molecule has 0 spiro atoms. The third-order valence-corrected chi connectivity index (χ3v) is 7.24. The van der Waals surface area contributed by atoms with Gasteiger partial charge in [0.2, 0.25) is 5.91 Å². The molecule has 1 aliphatic heterocycles. The van der Waals surface area contributed by atoms with E-state index in [9.17, 15) is 9.59 Å². The maximum atomic E-state index is 12.8. The maximum Gasteiger partial charge on any atom is 0.263 e. The second-order valence-electron chi connectivity index (χ2n) is 8.52. The Morgan fingerprint density at radius 2 is 2.03 bits per heavy atom. The molecule has 6 nitrogen and oxygen atoms in total. The summed E-state index contributed by atoms with van der Waals surface area (Å²) in [7, 11) is 3.58. The van der Waals surface area contributed by atoms with Gasteiger partial charge in [-0.2, -0.15) is 0 Å². The van der Waals surface area contributed by atoms with E-state index in [4.69, 9.17) is 0 Å². The predicted octanol–water partition coefficient (Wildman–Crippen LogP) is 3.24. The monoisotopic (exact) mass is 414 g/mol. The lowest BCUT2D eigenvalue weighted by Gasteiger charge is -2.24. The standard InChI is InChI=1S/C22H30N4O2S/c1-25(2)22(28)20-19(17-9-6-11-23-21(17)29-20)15-10-12-26(13-15)14-18(27)24-16-7-4-3-5-8-16/h6,9,11,15-16H,3-5,7-8,10,12-14H2,1-2H3,(H,24,27)/t15-/m0/s1. The van der Waals surface area contributed by atoms with Crippen LogP contribution in [0.5, 0.6) is 0 Å². The van der Waals surface area contributed by atoms with Gasteiger partial charge in [0.25, 0.3) is 5.91 Å². The Kier molecular flexibility index (Phi) is 6.15. The van der Waals surface area contributed by atoms with Crippen LogP contribution in [0.25, 0.3) is 10.2 Å². The van der Waals surface area contributed by atoms with Gasteiger partial charge in [0.15, 0.2) is 0 Å². The van der Waals surface area contributed by atoms with Gasteiger partial charge in [0.1, 0.15) is 4.83 Å². The topological polar surface area (TPSA) is 65.5 Å². The summed E-state index contributed by atoms with van der Waals surface area (Å²) in [6, 6.07) is 4.36. The van der Waals surface area contributed by atoms with Gasteiger partial charge in [-0.3, -0.25) is 14.5 Å². The first-order chi connectivity index (χ1) is 14.0. The molecule has 4 rings (SSSR count). The third kappa shape index (κ3) is 4.46. The quantitative estimate of drug-likeness (QED) is 0.816. The van der Waals surface area contributed by atoms with Crippen molar-refractivity contribution < 1.29 is 9.59 Å². The minimum Gasteiger partial charge on any atom is -0.352 e. The van der Waals surface area contributed by atoms with Gasteiger partial charge in [-0.1, -0.05) is 25.3 Å². The Labute approximate surface area is 176 Å². The molecule has 2 amide bonds. The fourth-order valence-electron chi connectivity index (χ4n) is 4.65. The van der Waals surface area contributed by atoms with Crippen LogP contribution in [0.3, 0.4) is 0 Å². The molecular weight excluding hydrogens is 384 g/mol. The number of pyridine rings is 1. The first-order valence-corrected chi connectivity index (χ1v) is 11.5. The number of rotatable bonds is 5. The Hall–Kier alpha value is -1.99. The summed E-state index contributed by atoms with van der Waals surface area (Å²) in [6.45, 7) is 2.15. The van der Waals surface area contributed by atoms with E-state index in [2.05, 4.69) is 21.3 Å². The zero-order chi connectivity index (χ0) is 20.4. The molecule has 3 heterocycles. The number of nitrogens with zero attached hydrogens (tertiary/aromatic N) is 3. The first kappa shape index (κ1) is 20.3. The van der Waals surface area contributed by atoms with E-state index in [0.29, 0.717) is 12.6 Å². The number of nitrogens with one attached hydrogen (secondary N) is 1. The lowest BCUT2D eigenvalue weighted by atomic mass is 9.95. The predicted molar refractivity (Wildman–Crippen MR) is 116 cm³/mol. The molecule has 1 saturated carbocycles. The van der Waals surface area contributed by atoms with E-state index in [-0.39, 0.29) is 17.7 Å². The van der Waals surface area contributed by atoms with Crippen molar-refractivity contribution in [2.75, 3.05) is 33.7 Å². The average Bonchev–Trinajstić information content (AvgIpc) is 3.31. The summed E-state index contributed by atoms with van der Waals surface area (Å²) >= 11 is 1.49. The Morgan fingerprint density at radius 1 is 1.24 bits per heavy atom. The van der Waals surface area contributed by atoms with E-state index in [0.717, 1.165) is 53.0 Å². The third-order valence-electron chi connectivity index (χ3n) is 6.12. The van der Waals surface area contributed by atoms with Gasteiger partial charge in [0.05, 0.1) is 11.4 Å². The van der Waals surface area contributed by atoms with Gasteiger partial charge in [0, 0.05) is 44.2 Å². The van der Waals surface area contributed by atoms with Crippen LogP contribution in [-0.4, -0.2) is 66.4 Å². The molecule has 0 bridgehead atoms. The Bertz CT molecular complexity index is 888. The molecule has 29 heavy (non-hydrogen) atoms. The highest BCUT2D eigenvalue weighted by Crippen LogP contribution is 2.39. The molecule has 2 aliphatic rings. The van der Waals surface area contributed by atoms with E-state index in [1.807, 2.05) is 6.07 Å². The van der Waals surface area contributed by atoms with Gasteiger partial charge in [-0.05, 0) is 37.4 Å². The van der Waals surface area contributed by atoms with Crippen LogP contribution in [-0.2, 0) is 4.79 Å². The number of hydrogen-bond acceptors (Lipinski definition) is 5. The summed E-state index contributed by atoms with van der Waals surface area (Å²) in [5.74, 6) is 0.435. The van der Waals surface area contributed by atoms with Crippen LogP contribution < -0.4 is 5.32 Å². The summed E-state index contributed by atoms with van der Waals surface area (Å²) < 4.78 is 0. The minimum atomic E-state index is 0.0384. The summed E-state index contributed by atoms with van der Waals surface area (Å²) in [4.78, 5) is 35.4. The van der Waals surface area contributed by atoms with Crippen LogP contribution in [0, 0.1) is 0 Å². The van der Waals surface area contributed by atoms with Crippen molar-refractivity contribution in [3.8, 4) is 0 Å². The maximum absolute atomic E-state index is 12.8. The van der Waals surface area contributed by atoms with Crippen LogP contribution in [0.4, 0.5) is 0 Å². The van der Waals surface area contributed by atoms with Crippen LogP contribution in [0.1, 0.15) is 59.7 Å². The number of likely N-dealkylation sites (tertiary alicyclic amines) is 1. The van der Waals surface area contributed by atoms with Crippen molar-refractivity contribution >= 4 is 33.4 Å². The highest BCUT2D eigenvalue weighted by Gasteiger charge is 2.32. The normalized spacial score (nSPS) is 20.8. The molecule has 0 radical (unpaired) electrons. The number of thiophene rings is 1. The molecule has 1 aliphatic carbocycles. The fourth-order valence-corrected chi connectivity index (χ4v) is 5.90. The van der Waals surface area contributed by atoms with Gasteiger partial charge < -0.3 is 10.2 Å². The molecule has 1 saturated heterocycles. The number of amides is 2. The highest BCUT2D eigenvalue weighted by atomic mass is 32.1. The molecule has 156 valence electrons. The molecule has 2 aromatic rings. The molecule has 1 N–H and O–H groups in total. The van der Waals surface area contributed by atoms with E-state index in [1.165, 1.54) is 30.6 Å². The highest BCUT2D eigenvalue weighted by molar-refractivity contribution is 7.20. The molecule has 7 heteroatoms. The first-order valence-electron chi connectivity index (χ1n) is 10.6. The number of carbonyl (C=O) groups is 2. The zero-order valence-corrected chi connectivity index (χ0v) is 18.1. The number of carbonyl (C=O) groups excluding carboxylic acids is 2. The number of fused-ring (bicyclic) bond motifs is 1. The van der Waals surface area contributed by atoms with Crippen molar-refractivity contribution in [3.05, 3.63) is 28.8 Å². The summed E-state index contributed by atoms with van der Waals surface area (Å²) in [5, 5.41) is 4.30. The van der Waals surface area contributed by atoms with E-state index in [1.54, 1.807) is 25.2 Å². The van der Waals surface area contributed by atoms with Crippen molar-refractivity contribution in [2.45, 2.75) is 50.5 Å². The van der Waals surface area contributed by atoms with E-state index < -0.39 is 0 Å². The van der Waals surface area contributed by atoms with Crippen LogP contribution in [0.2, 0.25) is 0 Å². The SMILES string of the molecule is CN(C)C(=O)c1sc2ncccc2c1[C@H]1CCN(CC(=O)NC2CCCCC2)C1. The van der Waals surface area contributed by atoms with Crippen LogP contribution in [0.15, 0.2) is 18.3 Å². The van der Waals surface area contributed by atoms with Crippen LogP contribution >= 0.6 is 11.3 Å². The lowest BCUT2D eigenvalue weighted by molar-refractivity contribution is -0.122. The lowest BCUT2D eigenvalue weighted by Crippen LogP contribution is -2.42. The van der Waals surface area contributed by atoms with E-state index >= 15 is 0 Å². The Morgan fingerprint density at radius 3 is 2.79 bits per heavy atom. The Balaban J connectivity index is 1.47. The second-order valence-corrected chi connectivity index (χ2v) is 9.52. The molecule has 0 unspecified atom stereocenters. The van der Waals surface area contributed by atoms with Crippen molar-refractivity contribution in [1.29, 1.82) is 0 Å². The van der Waals surface area contributed by atoms with Gasteiger partial charge >= 0.3 is 0 Å². The molecular formula is C22H30N4O2S. The van der Waals surface area contributed by atoms with Crippen molar-refractivity contribution in [1.82, 2.24) is 20.1 Å². The number of hydrogen-bond donors (Lipinski definition) is 1. The summed E-state index contributed by atoms with van der Waals surface area (Å²) in [6.07, 6.45) is 8.69. The molecule has 1 atom stereocenters. The van der Waals surface area contributed by atoms with Crippen molar-refractivity contribution in [2.24, 2.45) is 0 Å². The minimum absolute atomic E-state index is 0.0384. The average molecular weight is 415 g/mol. The smallest absolute Gasteiger partial charge is 0.263 e. The van der Waals surface area contributed by atoms with Gasteiger partial charge in [-0.15, -0.1) is 11.3 Å². The zero-order valence-electron chi connectivity index (χ0n) is 17.3. The molecule has 2 aromatic heterocycles. The fraction of sp³-hybridized carbons (Fsp3) is 0.591.